The van der Waals surface area contributed by atoms with Crippen molar-refractivity contribution in [2.24, 2.45) is 0 Å². The first kappa shape index (κ1) is 27.5. The van der Waals surface area contributed by atoms with Crippen LogP contribution >= 0.6 is 11.6 Å². The fourth-order valence-electron chi connectivity index (χ4n) is 3.94. The van der Waals surface area contributed by atoms with Gasteiger partial charge < -0.3 is 14.2 Å². The van der Waals surface area contributed by atoms with Gasteiger partial charge in [0, 0.05) is 41.9 Å². The Morgan fingerprint density at radius 1 is 1.08 bits per heavy atom. The number of halogens is 4. The molecule has 2 aromatic heterocycles. The average molecular weight is 546 g/mol. The predicted molar refractivity (Wildman–Crippen MR) is 136 cm³/mol. The van der Waals surface area contributed by atoms with Crippen LogP contribution < -0.4 is 0 Å². The first-order valence-corrected chi connectivity index (χ1v) is 12.4. The van der Waals surface area contributed by atoms with Gasteiger partial charge in [0.25, 0.3) is 0 Å². The van der Waals surface area contributed by atoms with Gasteiger partial charge in [-0.05, 0) is 64.3 Å². The summed E-state index contributed by atoms with van der Waals surface area (Å²) in [5.74, 6) is 6.27. The SMILES string of the molecule is CC(C)n1cc(C(F)(F)F)nc1-c1ccc(C#Cc2nc(Cl)nc3c2CN(C(=O)OC(C)(C)C)CC3)cc1. The van der Waals surface area contributed by atoms with E-state index in [9.17, 15) is 18.0 Å². The maximum Gasteiger partial charge on any atom is 0.434 e. The van der Waals surface area contributed by atoms with Crippen molar-refractivity contribution in [2.75, 3.05) is 6.54 Å². The quantitative estimate of drug-likeness (QED) is 0.280. The molecule has 1 aliphatic rings. The molecular weight excluding hydrogens is 519 g/mol. The summed E-state index contributed by atoms with van der Waals surface area (Å²) in [5.41, 5.74) is 1.44. The second-order valence-corrected chi connectivity index (χ2v) is 10.5. The van der Waals surface area contributed by atoms with E-state index in [1.54, 1.807) is 63.8 Å². The summed E-state index contributed by atoms with van der Waals surface area (Å²) in [4.78, 5) is 26.6. The molecule has 0 N–H and O–H groups in total. The van der Waals surface area contributed by atoms with Crippen molar-refractivity contribution >= 4 is 17.7 Å². The van der Waals surface area contributed by atoms with E-state index in [-0.39, 0.29) is 23.7 Å². The molecule has 38 heavy (non-hydrogen) atoms. The molecule has 3 aromatic rings. The van der Waals surface area contributed by atoms with Gasteiger partial charge in [0.2, 0.25) is 5.28 Å². The zero-order chi connectivity index (χ0) is 27.8. The predicted octanol–water partition coefficient (Wildman–Crippen LogP) is 6.29. The van der Waals surface area contributed by atoms with Gasteiger partial charge in [-0.2, -0.15) is 13.2 Å². The lowest BCUT2D eigenvalue weighted by molar-refractivity contribution is -0.140. The second kappa shape index (κ2) is 10.3. The van der Waals surface area contributed by atoms with Gasteiger partial charge in [0.05, 0.1) is 12.2 Å². The lowest BCUT2D eigenvalue weighted by Crippen LogP contribution is -2.40. The summed E-state index contributed by atoms with van der Waals surface area (Å²) >= 11 is 6.13. The first-order valence-electron chi connectivity index (χ1n) is 12.0. The van der Waals surface area contributed by atoms with E-state index in [0.717, 1.165) is 11.9 Å². The number of ether oxygens (including phenoxy) is 1. The molecular formula is C27H27ClF3N5O2. The standard InChI is InChI=1S/C27H27ClF3N5O2/c1-16(2)36-15-22(27(29,30)31)34-23(36)18-9-6-17(7-10-18)8-11-20-19-14-35(25(37)38-26(3,4)5)13-12-21(19)33-24(28)32-20/h6-7,9-10,15-16H,12-14H2,1-5H3. The van der Waals surface area contributed by atoms with Crippen LogP contribution in [0.1, 0.15) is 68.9 Å². The van der Waals surface area contributed by atoms with Crippen LogP contribution in [0.4, 0.5) is 18.0 Å². The van der Waals surface area contributed by atoms with E-state index in [4.69, 9.17) is 16.3 Å². The molecule has 0 saturated carbocycles. The molecule has 0 aliphatic carbocycles. The van der Waals surface area contributed by atoms with Crippen LogP contribution in [0.5, 0.6) is 0 Å². The molecule has 200 valence electrons. The molecule has 11 heteroatoms. The second-order valence-electron chi connectivity index (χ2n) is 10.2. The Kier molecular flexibility index (Phi) is 7.44. The Labute approximate surface area is 224 Å². The lowest BCUT2D eigenvalue weighted by atomic mass is 10.0. The molecule has 0 fully saturated rings. The van der Waals surface area contributed by atoms with Crippen LogP contribution in [0, 0.1) is 11.8 Å². The Hall–Kier alpha value is -3.58. The van der Waals surface area contributed by atoms with Crippen LogP contribution in [0.3, 0.4) is 0 Å². The first-order chi connectivity index (χ1) is 17.7. The number of imidazole rings is 1. The van der Waals surface area contributed by atoms with Crippen LogP contribution in [0.15, 0.2) is 30.5 Å². The van der Waals surface area contributed by atoms with Crippen LogP contribution in [0.2, 0.25) is 5.28 Å². The van der Waals surface area contributed by atoms with E-state index < -0.39 is 23.6 Å². The molecule has 0 saturated heterocycles. The highest BCUT2D eigenvalue weighted by molar-refractivity contribution is 6.28. The smallest absolute Gasteiger partial charge is 0.434 e. The van der Waals surface area contributed by atoms with Crippen molar-refractivity contribution in [3.8, 4) is 23.2 Å². The van der Waals surface area contributed by atoms with Gasteiger partial charge in [0.15, 0.2) is 5.69 Å². The minimum atomic E-state index is -4.53. The number of rotatable bonds is 2. The molecule has 1 aromatic carbocycles. The number of hydrogen-bond donors (Lipinski definition) is 0. The van der Waals surface area contributed by atoms with Gasteiger partial charge in [-0.3, -0.25) is 0 Å². The minimum Gasteiger partial charge on any atom is -0.444 e. The van der Waals surface area contributed by atoms with Crippen molar-refractivity contribution in [2.45, 2.75) is 65.4 Å². The van der Waals surface area contributed by atoms with Crippen LogP contribution in [0.25, 0.3) is 11.4 Å². The number of alkyl halides is 3. The van der Waals surface area contributed by atoms with Crippen LogP contribution in [-0.4, -0.2) is 42.7 Å². The van der Waals surface area contributed by atoms with Crippen molar-refractivity contribution in [3.63, 3.8) is 0 Å². The van der Waals surface area contributed by atoms with Gasteiger partial charge in [-0.25, -0.2) is 19.7 Å². The summed E-state index contributed by atoms with van der Waals surface area (Å²) in [6, 6.07) is 6.56. The van der Waals surface area contributed by atoms with Crippen molar-refractivity contribution in [1.29, 1.82) is 0 Å². The van der Waals surface area contributed by atoms with Crippen LogP contribution in [-0.2, 0) is 23.9 Å². The van der Waals surface area contributed by atoms with E-state index >= 15 is 0 Å². The fraction of sp³-hybridized carbons (Fsp3) is 0.407. The minimum absolute atomic E-state index is 0.0649. The number of hydrogen-bond acceptors (Lipinski definition) is 5. The summed E-state index contributed by atoms with van der Waals surface area (Å²) in [6.07, 6.45) is -3.45. The molecule has 0 spiro atoms. The van der Waals surface area contributed by atoms with Gasteiger partial charge in [-0.15, -0.1) is 0 Å². The topological polar surface area (TPSA) is 73.1 Å². The van der Waals surface area contributed by atoms with Crippen molar-refractivity contribution < 1.29 is 22.7 Å². The highest BCUT2D eigenvalue weighted by Crippen LogP contribution is 2.32. The van der Waals surface area contributed by atoms with Crippen molar-refractivity contribution in [1.82, 2.24) is 24.4 Å². The summed E-state index contributed by atoms with van der Waals surface area (Å²) in [5, 5.41) is 0.0649. The van der Waals surface area contributed by atoms with E-state index in [2.05, 4.69) is 26.8 Å². The zero-order valence-corrected chi connectivity index (χ0v) is 22.4. The monoisotopic (exact) mass is 545 g/mol. The molecule has 1 aliphatic heterocycles. The molecule has 7 nitrogen and oxygen atoms in total. The van der Waals surface area contributed by atoms with Gasteiger partial charge in [0.1, 0.15) is 17.1 Å². The molecule has 0 radical (unpaired) electrons. The number of amides is 1. The lowest BCUT2D eigenvalue weighted by Gasteiger charge is -2.31. The zero-order valence-electron chi connectivity index (χ0n) is 21.6. The summed E-state index contributed by atoms with van der Waals surface area (Å²) < 4.78 is 46.7. The molecule has 0 atom stereocenters. The molecule has 4 rings (SSSR count). The Morgan fingerprint density at radius 3 is 2.37 bits per heavy atom. The normalized spacial score (nSPS) is 13.7. The maximum absolute atomic E-state index is 13.2. The third-order valence-electron chi connectivity index (χ3n) is 5.73. The van der Waals surface area contributed by atoms with E-state index in [0.29, 0.717) is 35.3 Å². The number of nitrogens with zero attached hydrogens (tertiary/aromatic N) is 5. The Bertz CT molecular complexity index is 1410. The molecule has 0 unspecified atom stereocenters. The average Bonchev–Trinajstić information content (AvgIpc) is 3.28. The number of benzene rings is 1. The largest absolute Gasteiger partial charge is 0.444 e. The van der Waals surface area contributed by atoms with Gasteiger partial charge in [-0.1, -0.05) is 18.1 Å². The third-order valence-corrected chi connectivity index (χ3v) is 5.90. The third kappa shape index (κ3) is 6.27. The summed E-state index contributed by atoms with van der Waals surface area (Å²) in [6.45, 7) is 9.68. The molecule has 0 bridgehead atoms. The van der Waals surface area contributed by atoms with Gasteiger partial charge >= 0.3 is 12.3 Å². The maximum atomic E-state index is 13.2. The van der Waals surface area contributed by atoms with E-state index in [1.165, 1.54) is 4.57 Å². The molecule has 3 heterocycles. The Balaban J connectivity index is 1.60. The number of fused-ring (bicyclic) bond motifs is 1. The fourth-order valence-corrected chi connectivity index (χ4v) is 4.13. The van der Waals surface area contributed by atoms with Crippen molar-refractivity contribution in [3.05, 3.63) is 64.0 Å². The Morgan fingerprint density at radius 2 is 1.76 bits per heavy atom. The number of carbonyl (C=O) groups is 1. The molecule has 1 amide bonds. The highest BCUT2D eigenvalue weighted by atomic mass is 35.5. The highest BCUT2D eigenvalue weighted by Gasteiger charge is 2.35. The van der Waals surface area contributed by atoms with E-state index in [1.807, 2.05) is 0 Å². The summed E-state index contributed by atoms with van der Waals surface area (Å²) in [7, 11) is 0. The number of carbonyl (C=O) groups excluding carboxylic acids is 1. The number of aromatic nitrogens is 4.